The van der Waals surface area contributed by atoms with Crippen molar-refractivity contribution in [2.45, 2.75) is 44.7 Å². The van der Waals surface area contributed by atoms with Gasteiger partial charge in [0.25, 0.3) is 0 Å². The summed E-state index contributed by atoms with van der Waals surface area (Å²) >= 11 is 0. The Balaban J connectivity index is 0.00000132. The van der Waals surface area contributed by atoms with Crippen LogP contribution in [0.25, 0.3) is 0 Å². The molecule has 3 aliphatic heterocycles. The molecule has 2 unspecified atom stereocenters. The fraction of sp³-hybridized carbons (Fsp3) is 0.938. The Labute approximate surface area is 152 Å². The molecule has 1 amide bonds. The molecule has 3 heterocycles. The summed E-state index contributed by atoms with van der Waals surface area (Å²) in [5.41, 5.74) is 0. The molecule has 23 heavy (non-hydrogen) atoms. The first-order valence-electron chi connectivity index (χ1n) is 8.77. The summed E-state index contributed by atoms with van der Waals surface area (Å²) in [7, 11) is 0. The van der Waals surface area contributed by atoms with Crippen LogP contribution in [0.1, 0.15) is 32.6 Å². The largest absolute Gasteiger partial charge is 0.340 e. The maximum absolute atomic E-state index is 12.8. The van der Waals surface area contributed by atoms with Crippen molar-refractivity contribution in [3.8, 4) is 0 Å². The van der Waals surface area contributed by atoms with E-state index >= 15 is 0 Å². The van der Waals surface area contributed by atoms with Gasteiger partial charge in [-0.05, 0) is 38.8 Å². The highest BCUT2D eigenvalue weighted by molar-refractivity contribution is 5.85. The second kappa shape index (κ2) is 10.0. The standard InChI is InChI=1S/C16H30N4O.2ClH/c1-2-8-19-9-3-4-15(19)16(21)20-10-5-14(13-20)18-11-6-17-7-12-18;;/h14-15,17H,2-13H2,1H3;2*1H. The highest BCUT2D eigenvalue weighted by Crippen LogP contribution is 2.23. The third-order valence-electron chi connectivity index (χ3n) is 5.30. The summed E-state index contributed by atoms with van der Waals surface area (Å²) in [4.78, 5) is 19.9. The van der Waals surface area contributed by atoms with Crippen LogP contribution in [-0.4, -0.2) is 85.0 Å². The number of nitrogens with zero attached hydrogens (tertiary/aromatic N) is 3. The van der Waals surface area contributed by atoms with Gasteiger partial charge >= 0.3 is 0 Å². The van der Waals surface area contributed by atoms with Gasteiger partial charge in [0.2, 0.25) is 5.91 Å². The Hall–Kier alpha value is -0.0700. The van der Waals surface area contributed by atoms with Crippen LogP contribution in [0.5, 0.6) is 0 Å². The number of hydrogen-bond donors (Lipinski definition) is 1. The van der Waals surface area contributed by atoms with Gasteiger partial charge in [-0.25, -0.2) is 0 Å². The van der Waals surface area contributed by atoms with Gasteiger partial charge in [0.05, 0.1) is 6.04 Å². The van der Waals surface area contributed by atoms with Crippen molar-refractivity contribution in [1.29, 1.82) is 0 Å². The predicted octanol–water partition coefficient (Wildman–Crippen LogP) is 1.21. The quantitative estimate of drug-likeness (QED) is 0.811. The number of nitrogens with one attached hydrogen (secondary N) is 1. The first-order valence-corrected chi connectivity index (χ1v) is 8.77. The Kier molecular flexibility index (Phi) is 9.16. The molecule has 0 saturated carbocycles. The van der Waals surface area contributed by atoms with Crippen molar-refractivity contribution in [3.05, 3.63) is 0 Å². The highest BCUT2D eigenvalue weighted by Gasteiger charge is 2.37. The van der Waals surface area contributed by atoms with Gasteiger partial charge in [-0.3, -0.25) is 14.6 Å². The molecule has 7 heteroatoms. The number of rotatable bonds is 4. The predicted molar refractivity (Wildman–Crippen MR) is 98.8 cm³/mol. The summed E-state index contributed by atoms with van der Waals surface area (Å²) < 4.78 is 0. The molecule has 0 spiro atoms. The van der Waals surface area contributed by atoms with Crippen molar-refractivity contribution in [3.63, 3.8) is 0 Å². The van der Waals surface area contributed by atoms with Crippen LogP contribution in [0, 0.1) is 0 Å². The van der Waals surface area contributed by atoms with Crippen molar-refractivity contribution in [2.24, 2.45) is 0 Å². The molecule has 3 aliphatic rings. The molecule has 0 bridgehead atoms. The van der Waals surface area contributed by atoms with E-state index in [4.69, 9.17) is 0 Å². The molecule has 0 aliphatic carbocycles. The monoisotopic (exact) mass is 366 g/mol. The van der Waals surface area contributed by atoms with Gasteiger partial charge in [0.1, 0.15) is 0 Å². The molecule has 0 aromatic heterocycles. The minimum atomic E-state index is 0. The SMILES string of the molecule is CCCN1CCCC1C(=O)N1CCC(N2CCNCC2)C1.Cl.Cl. The number of piperazine rings is 1. The maximum Gasteiger partial charge on any atom is 0.239 e. The lowest BCUT2D eigenvalue weighted by Crippen LogP contribution is -2.50. The van der Waals surface area contributed by atoms with Gasteiger partial charge in [-0.15, -0.1) is 24.8 Å². The summed E-state index contributed by atoms with van der Waals surface area (Å²) in [6.45, 7) is 10.8. The Morgan fingerprint density at radius 2 is 1.83 bits per heavy atom. The van der Waals surface area contributed by atoms with Crippen LogP contribution >= 0.6 is 24.8 Å². The van der Waals surface area contributed by atoms with Crippen LogP contribution in [0.15, 0.2) is 0 Å². The van der Waals surface area contributed by atoms with Gasteiger partial charge in [0.15, 0.2) is 0 Å². The van der Waals surface area contributed by atoms with Gasteiger partial charge in [-0.1, -0.05) is 6.92 Å². The number of likely N-dealkylation sites (tertiary alicyclic amines) is 2. The zero-order chi connectivity index (χ0) is 14.7. The first-order chi connectivity index (χ1) is 10.3. The third-order valence-corrected chi connectivity index (χ3v) is 5.30. The second-order valence-electron chi connectivity index (χ2n) is 6.71. The molecule has 0 aromatic rings. The number of carbonyl (C=O) groups is 1. The van der Waals surface area contributed by atoms with Crippen molar-refractivity contribution in [1.82, 2.24) is 20.0 Å². The number of amides is 1. The third kappa shape index (κ3) is 4.95. The lowest BCUT2D eigenvalue weighted by atomic mass is 10.2. The molecule has 1 N–H and O–H groups in total. The van der Waals surface area contributed by atoms with E-state index in [1.807, 2.05) is 0 Å². The fourth-order valence-electron chi connectivity index (χ4n) is 4.16. The van der Waals surface area contributed by atoms with E-state index in [0.717, 1.165) is 71.6 Å². The van der Waals surface area contributed by atoms with Crippen LogP contribution < -0.4 is 5.32 Å². The van der Waals surface area contributed by atoms with Crippen molar-refractivity contribution < 1.29 is 4.79 Å². The van der Waals surface area contributed by atoms with Gasteiger partial charge < -0.3 is 10.2 Å². The van der Waals surface area contributed by atoms with E-state index in [1.54, 1.807) is 0 Å². The van der Waals surface area contributed by atoms with Gasteiger partial charge in [0, 0.05) is 45.3 Å². The molecule has 5 nitrogen and oxygen atoms in total. The Bertz CT molecular complexity index is 366. The normalized spacial score (nSPS) is 29.2. The summed E-state index contributed by atoms with van der Waals surface area (Å²) in [6.07, 6.45) is 4.55. The average Bonchev–Trinajstić information content (AvgIpc) is 3.17. The van der Waals surface area contributed by atoms with Crippen LogP contribution in [-0.2, 0) is 4.79 Å². The minimum absolute atomic E-state index is 0. The molecular formula is C16H32Cl2N4O. The summed E-state index contributed by atoms with van der Waals surface area (Å²) in [5.74, 6) is 0.401. The molecule has 136 valence electrons. The molecular weight excluding hydrogens is 335 g/mol. The van der Waals surface area contributed by atoms with Crippen LogP contribution in [0.3, 0.4) is 0 Å². The summed E-state index contributed by atoms with van der Waals surface area (Å²) in [5, 5.41) is 3.41. The van der Waals surface area contributed by atoms with E-state index in [0.29, 0.717) is 11.9 Å². The Morgan fingerprint density at radius 3 is 2.52 bits per heavy atom. The van der Waals surface area contributed by atoms with E-state index in [9.17, 15) is 4.79 Å². The van der Waals surface area contributed by atoms with Crippen molar-refractivity contribution in [2.75, 3.05) is 52.4 Å². The van der Waals surface area contributed by atoms with Crippen LogP contribution in [0.2, 0.25) is 0 Å². The second-order valence-corrected chi connectivity index (χ2v) is 6.71. The Morgan fingerprint density at radius 1 is 1.09 bits per heavy atom. The van der Waals surface area contributed by atoms with Crippen molar-refractivity contribution >= 4 is 30.7 Å². The lowest BCUT2D eigenvalue weighted by molar-refractivity contribution is -0.135. The topological polar surface area (TPSA) is 38.8 Å². The molecule has 3 rings (SSSR count). The maximum atomic E-state index is 12.8. The average molecular weight is 367 g/mol. The minimum Gasteiger partial charge on any atom is -0.340 e. The zero-order valence-electron chi connectivity index (χ0n) is 14.2. The molecule has 3 fully saturated rings. The molecule has 3 saturated heterocycles. The van der Waals surface area contributed by atoms with E-state index in [-0.39, 0.29) is 30.9 Å². The zero-order valence-corrected chi connectivity index (χ0v) is 15.8. The smallest absolute Gasteiger partial charge is 0.239 e. The van der Waals surface area contributed by atoms with Crippen LogP contribution in [0.4, 0.5) is 0 Å². The first kappa shape index (κ1) is 21.0. The number of carbonyl (C=O) groups excluding carboxylic acids is 1. The fourth-order valence-corrected chi connectivity index (χ4v) is 4.16. The molecule has 2 atom stereocenters. The van der Waals surface area contributed by atoms with E-state index in [1.165, 1.54) is 6.42 Å². The molecule has 0 radical (unpaired) electrons. The number of halogens is 2. The number of hydrogen-bond acceptors (Lipinski definition) is 4. The summed E-state index contributed by atoms with van der Waals surface area (Å²) in [6, 6.07) is 0.767. The van der Waals surface area contributed by atoms with E-state index < -0.39 is 0 Å². The van der Waals surface area contributed by atoms with E-state index in [2.05, 4.69) is 26.9 Å². The molecule has 0 aromatic carbocycles. The van der Waals surface area contributed by atoms with Gasteiger partial charge in [-0.2, -0.15) is 0 Å². The highest BCUT2D eigenvalue weighted by atomic mass is 35.5. The lowest BCUT2D eigenvalue weighted by Gasteiger charge is -2.33.